The van der Waals surface area contributed by atoms with Crippen LogP contribution in [0.3, 0.4) is 0 Å². The topological polar surface area (TPSA) is 75.7 Å². The van der Waals surface area contributed by atoms with Gasteiger partial charge in [-0.25, -0.2) is 8.42 Å². The fourth-order valence-corrected chi connectivity index (χ4v) is 5.41. The van der Waals surface area contributed by atoms with Crippen LogP contribution in [0.15, 0.2) is 82.6 Å². The highest BCUT2D eigenvalue weighted by Crippen LogP contribution is 2.26. The van der Waals surface area contributed by atoms with Crippen molar-refractivity contribution in [3.05, 3.63) is 83.9 Å². The van der Waals surface area contributed by atoms with E-state index in [4.69, 9.17) is 4.74 Å². The van der Waals surface area contributed by atoms with Crippen molar-refractivity contribution in [3.63, 3.8) is 0 Å². The molecule has 1 unspecified atom stereocenters. The smallest absolute Gasteiger partial charge is 0.264 e. The highest BCUT2D eigenvalue weighted by Gasteiger charge is 2.24. The van der Waals surface area contributed by atoms with Crippen LogP contribution in [-0.2, 0) is 10.0 Å². The van der Waals surface area contributed by atoms with Gasteiger partial charge in [0.1, 0.15) is 5.75 Å². The lowest BCUT2D eigenvalue weighted by Crippen LogP contribution is -2.31. The maximum absolute atomic E-state index is 13.2. The number of hydrogen-bond acceptors (Lipinski definition) is 5. The first-order valence-electron chi connectivity index (χ1n) is 11.1. The molecule has 0 fully saturated rings. The number of amides is 1. The third-order valence-corrected chi connectivity index (χ3v) is 8.05. The quantitative estimate of drug-likeness (QED) is 0.373. The summed E-state index contributed by atoms with van der Waals surface area (Å²) in [5.41, 5.74) is 1.93. The Morgan fingerprint density at radius 2 is 1.59 bits per heavy atom. The van der Waals surface area contributed by atoms with Crippen LogP contribution in [0, 0.1) is 0 Å². The van der Waals surface area contributed by atoms with Crippen molar-refractivity contribution in [3.8, 4) is 5.75 Å². The van der Waals surface area contributed by atoms with Crippen molar-refractivity contribution < 1.29 is 17.9 Å². The van der Waals surface area contributed by atoms with Gasteiger partial charge in [-0.05, 0) is 93.3 Å². The van der Waals surface area contributed by atoms with Crippen molar-refractivity contribution in [2.24, 2.45) is 0 Å². The Morgan fingerprint density at radius 1 is 0.971 bits per heavy atom. The number of thioether (sulfide) groups is 1. The number of nitrogens with zero attached hydrogens (tertiary/aromatic N) is 1. The zero-order valence-electron chi connectivity index (χ0n) is 19.8. The molecule has 1 N–H and O–H groups in total. The van der Waals surface area contributed by atoms with Crippen LogP contribution >= 0.6 is 11.8 Å². The lowest BCUT2D eigenvalue weighted by Gasteiger charge is -2.23. The molecule has 6 nitrogen and oxygen atoms in total. The summed E-state index contributed by atoms with van der Waals surface area (Å²) in [7, 11) is -3.71. The molecule has 34 heavy (non-hydrogen) atoms. The number of carbonyl (C=O) groups excluding carboxylic acids is 1. The summed E-state index contributed by atoms with van der Waals surface area (Å²) in [6, 6.07) is 20.9. The highest BCUT2D eigenvalue weighted by molar-refractivity contribution is 7.98. The largest absolute Gasteiger partial charge is 0.494 e. The average Bonchev–Trinajstić information content (AvgIpc) is 2.85. The molecule has 0 aliphatic heterocycles. The van der Waals surface area contributed by atoms with Crippen LogP contribution in [0.1, 0.15) is 42.7 Å². The second kappa shape index (κ2) is 11.4. The van der Waals surface area contributed by atoms with Crippen LogP contribution < -0.4 is 14.4 Å². The minimum absolute atomic E-state index is 0.195. The number of carbonyl (C=O) groups is 1. The fourth-order valence-electron chi connectivity index (χ4n) is 3.53. The molecule has 0 saturated heterocycles. The van der Waals surface area contributed by atoms with Crippen LogP contribution in [-0.4, -0.2) is 33.7 Å². The summed E-state index contributed by atoms with van der Waals surface area (Å²) in [5.74, 6) is 0.558. The van der Waals surface area contributed by atoms with Crippen LogP contribution in [0.25, 0.3) is 0 Å². The molecular weight excluding hydrogens is 468 g/mol. The summed E-state index contributed by atoms with van der Waals surface area (Å²) in [4.78, 5) is 14.0. The van der Waals surface area contributed by atoms with Crippen molar-refractivity contribution >= 4 is 33.4 Å². The van der Waals surface area contributed by atoms with Gasteiger partial charge in [0.2, 0.25) is 0 Å². The normalized spacial score (nSPS) is 12.1. The molecule has 3 aromatic carbocycles. The molecule has 0 spiro atoms. The second-order valence-electron chi connectivity index (χ2n) is 7.59. The third-order valence-electron chi connectivity index (χ3n) is 5.39. The van der Waals surface area contributed by atoms with E-state index in [2.05, 4.69) is 5.32 Å². The first kappa shape index (κ1) is 25.6. The molecule has 0 bridgehead atoms. The van der Waals surface area contributed by atoms with E-state index in [1.807, 2.05) is 44.4 Å². The molecule has 180 valence electrons. The van der Waals surface area contributed by atoms with Gasteiger partial charge in [0.25, 0.3) is 15.9 Å². The summed E-state index contributed by atoms with van der Waals surface area (Å²) in [6.07, 6.45) is 1.94. The molecule has 0 radical (unpaired) electrons. The molecule has 3 aromatic rings. The Hall–Kier alpha value is -2.97. The number of rotatable bonds is 10. The Labute approximate surface area is 206 Å². The lowest BCUT2D eigenvalue weighted by molar-refractivity contribution is 0.0940. The van der Waals surface area contributed by atoms with Gasteiger partial charge in [0, 0.05) is 17.0 Å². The zero-order valence-corrected chi connectivity index (χ0v) is 21.4. The Bertz CT molecular complexity index is 1190. The molecule has 1 atom stereocenters. The maximum Gasteiger partial charge on any atom is 0.264 e. The van der Waals surface area contributed by atoms with E-state index in [1.165, 1.54) is 4.31 Å². The summed E-state index contributed by atoms with van der Waals surface area (Å²) < 4.78 is 33.2. The summed E-state index contributed by atoms with van der Waals surface area (Å²) in [6.45, 7) is 6.50. The fraction of sp³-hybridized carbons (Fsp3) is 0.269. The number of benzene rings is 3. The molecular formula is C26H30N2O4S2. The SMILES string of the molecule is CCOc1ccc(C(C)NC(=O)c2ccc(N(CC)S(=O)(=O)c3ccc(SC)cc3)cc2)cc1. The van der Waals surface area contributed by atoms with Gasteiger partial charge in [-0.2, -0.15) is 0 Å². The van der Waals surface area contributed by atoms with E-state index in [-0.39, 0.29) is 23.4 Å². The van der Waals surface area contributed by atoms with E-state index in [0.717, 1.165) is 16.2 Å². The number of sulfonamides is 1. The molecule has 8 heteroatoms. The highest BCUT2D eigenvalue weighted by atomic mass is 32.2. The number of hydrogen-bond donors (Lipinski definition) is 1. The molecule has 3 rings (SSSR count). The monoisotopic (exact) mass is 498 g/mol. The van der Waals surface area contributed by atoms with Crippen molar-refractivity contribution in [1.29, 1.82) is 0 Å². The third kappa shape index (κ3) is 5.93. The van der Waals surface area contributed by atoms with Gasteiger partial charge < -0.3 is 10.1 Å². The van der Waals surface area contributed by atoms with E-state index in [1.54, 1.807) is 67.2 Å². The second-order valence-corrected chi connectivity index (χ2v) is 10.3. The van der Waals surface area contributed by atoms with Gasteiger partial charge in [-0.15, -0.1) is 11.8 Å². The van der Waals surface area contributed by atoms with Crippen molar-refractivity contribution in [1.82, 2.24) is 5.32 Å². The van der Waals surface area contributed by atoms with Crippen LogP contribution in [0.4, 0.5) is 5.69 Å². The predicted octanol–water partition coefficient (Wildman–Crippen LogP) is 5.51. The number of nitrogens with one attached hydrogen (secondary N) is 1. The molecule has 0 aliphatic rings. The van der Waals surface area contributed by atoms with E-state index < -0.39 is 10.0 Å². The summed E-state index contributed by atoms with van der Waals surface area (Å²) >= 11 is 1.56. The maximum atomic E-state index is 13.2. The van der Waals surface area contributed by atoms with Crippen molar-refractivity contribution in [2.45, 2.75) is 36.6 Å². The Balaban J connectivity index is 1.72. The first-order valence-corrected chi connectivity index (χ1v) is 13.8. The van der Waals surface area contributed by atoms with Crippen LogP contribution in [0.5, 0.6) is 5.75 Å². The molecule has 0 heterocycles. The van der Waals surface area contributed by atoms with Crippen molar-refractivity contribution in [2.75, 3.05) is 23.7 Å². The molecule has 0 aliphatic carbocycles. The predicted molar refractivity (Wildman–Crippen MR) is 138 cm³/mol. The van der Waals surface area contributed by atoms with Gasteiger partial charge in [-0.1, -0.05) is 12.1 Å². The summed E-state index contributed by atoms with van der Waals surface area (Å²) in [5, 5.41) is 2.98. The van der Waals surface area contributed by atoms with Gasteiger partial charge >= 0.3 is 0 Å². The lowest BCUT2D eigenvalue weighted by atomic mass is 10.1. The minimum atomic E-state index is -3.71. The van der Waals surface area contributed by atoms with Gasteiger partial charge in [0.05, 0.1) is 23.2 Å². The van der Waals surface area contributed by atoms with E-state index in [9.17, 15) is 13.2 Å². The molecule has 1 amide bonds. The van der Waals surface area contributed by atoms with Crippen LogP contribution in [0.2, 0.25) is 0 Å². The first-order chi connectivity index (χ1) is 16.3. The Kier molecular flexibility index (Phi) is 8.63. The van der Waals surface area contributed by atoms with E-state index in [0.29, 0.717) is 17.9 Å². The van der Waals surface area contributed by atoms with E-state index >= 15 is 0 Å². The number of anilines is 1. The minimum Gasteiger partial charge on any atom is -0.494 e. The average molecular weight is 499 g/mol. The number of ether oxygens (including phenoxy) is 1. The molecule has 0 aromatic heterocycles. The Morgan fingerprint density at radius 3 is 2.12 bits per heavy atom. The molecule has 0 saturated carbocycles. The van der Waals surface area contributed by atoms with Gasteiger partial charge in [-0.3, -0.25) is 9.10 Å². The standard InChI is InChI=1S/C26H30N2O4S2/c1-5-28(34(30,31)25-17-15-24(33-4)16-18-25)22-11-7-21(8-12-22)26(29)27-19(3)20-9-13-23(14-10-20)32-6-2/h7-19H,5-6H2,1-4H3,(H,27,29). The zero-order chi connectivity index (χ0) is 24.7. The van der Waals surface area contributed by atoms with Gasteiger partial charge in [0.15, 0.2) is 0 Å².